The highest BCUT2D eigenvalue weighted by molar-refractivity contribution is 8.18. The van der Waals surface area contributed by atoms with Gasteiger partial charge in [-0.25, -0.2) is 4.39 Å². The minimum Gasteiger partial charge on any atom is -0.493 e. The molecule has 1 saturated heterocycles. The van der Waals surface area contributed by atoms with Crippen LogP contribution in [0.5, 0.6) is 11.5 Å². The van der Waals surface area contributed by atoms with Gasteiger partial charge < -0.3 is 8.92 Å². The van der Waals surface area contributed by atoms with Gasteiger partial charge in [-0.2, -0.15) is 8.42 Å². The van der Waals surface area contributed by atoms with Crippen LogP contribution in [0, 0.1) is 12.7 Å². The molecule has 7 nitrogen and oxygen atoms in total. The summed E-state index contributed by atoms with van der Waals surface area (Å²) >= 11 is 7.08. The fourth-order valence-corrected chi connectivity index (χ4v) is 5.43. The first-order valence-electron chi connectivity index (χ1n) is 10.5. The average Bonchev–Trinajstić information content (AvgIpc) is 3.09. The van der Waals surface area contributed by atoms with Crippen LogP contribution < -0.4 is 8.92 Å². The maximum absolute atomic E-state index is 13.1. The topological polar surface area (TPSA) is 90.0 Å². The molecule has 1 aliphatic rings. The van der Waals surface area contributed by atoms with E-state index in [2.05, 4.69) is 0 Å². The summed E-state index contributed by atoms with van der Waals surface area (Å²) in [5, 5.41) is -0.542. The number of carbonyl (C=O) groups is 2. The molecule has 0 bridgehead atoms. The third kappa shape index (κ3) is 5.56. The molecule has 1 fully saturated rings. The van der Waals surface area contributed by atoms with Crippen LogP contribution >= 0.6 is 23.4 Å². The van der Waals surface area contributed by atoms with E-state index in [1.807, 2.05) is 6.92 Å². The largest absolute Gasteiger partial charge is 0.493 e. The Morgan fingerprint density at radius 1 is 1.06 bits per heavy atom. The molecule has 3 aromatic rings. The lowest BCUT2D eigenvalue weighted by Crippen LogP contribution is -2.27. The Bertz CT molecular complexity index is 1470. The molecule has 0 aliphatic carbocycles. The van der Waals surface area contributed by atoms with Gasteiger partial charge in [0.15, 0.2) is 5.75 Å². The van der Waals surface area contributed by atoms with E-state index >= 15 is 0 Å². The number of carbonyl (C=O) groups excluding carboxylic acids is 2. The molecular weight excluding hydrogens is 529 g/mol. The number of methoxy groups -OCH3 is 1. The molecule has 186 valence electrons. The highest BCUT2D eigenvalue weighted by Crippen LogP contribution is 2.40. The molecule has 0 spiro atoms. The van der Waals surface area contributed by atoms with Crippen LogP contribution in [0.4, 0.5) is 9.18 Å². The normalized spacial score (nSPS) is 15.0. The average molecular weight is 548 g/mol. The summed E-state index contributed by atoms with van der Waals surface area (Å²) in [6, 6.07) is 14.5. The summed E-state index contributed by atoms with van der Waals surface area (Å²) in [7, 11) is -2.87. The van der Waals surface area contributed by atoms with Crippen LogP contribution in [0.1, 0.15) is 16.7 Å². The highest BCUT2D eigenvalue weighted by Gasteiger charge is 2.35. The molecule has 0 aromatic heterocycles. The van der Waals surface area contributed by atoms with Gasteiger partial charge in [0.2, 0.25) is 5.75 Å². The van der Waals surface area contributed by atoms with E-state index in [9.17, 15) is 22.4 Å². The number of ether oxygens (including phenoxy) is 1. The molecule has 1 heterocycles. The zero-order valence-corrected chi connectivity index (χ0v) is 21.4. The minimum absolute atomic E-state index is 0.00396. The number of rotatable bonds is 7. The van der Waals surface area contributed by atoms with Crippen LogP contribution in [0.15, 0.2) is 70.5 Å². The lowest BCUT2D eigenvalue weighted by atomic mass is 10.1. The molecule has 3 aromatic carbocycles. The third-order valence-electron chi connectivity index (χ3n) is 5.18. The summed E-state index contributed by atoms with van der Waals surface area (Å²) in [6.45, 7) is 1.82. The fourth-order valence-electron chi connectivity index (χ4n) is 3.33. The van der Waals surface area contributed by atoms with Crippen LogP contribution in [0.2, 0.25) is 5.02 Å². The number of benzene rings is 3. The second kappa shape index (κ2) is 10.3. The van der Waals surface area contributed by atoms with Crippen LogP contribution in [-0.2, 0) is 21.5 Å². The molecular formula is C25H19ClFNO6S2. The first-order valence-corrected chi connectivity index (χ1v) is 13.1. The zero-order chi connectivity index (χ0) is 26.0. The van der Waals surface area contributed by atoms with Gasteiger partial charge in [-0.1, -0.05) is 41.4 Å². The van der Waals surface area contributed by atoms with E-state index in [0.29, 0.717) is 11.1 Å². The predicted octanol–water partition coefficient (Wildman–Crippen LogP) is 5.80. The Hall–Kier alpha value is -3.34. The molecule has 36 heavy (non-hydrogen) atoms. The number of halogens is 2. The van der Waals surface area contributed by atoms with Gasteiger partial charge in [0.25, 0.3) is 11.1 Å². The molecule has 0 unspecified atom stereocenters. The van der Waals surface area contributed by atoms with E-state index in [4.69, 9.17) is 20.5 Å². The van der Waals surface area contributed by atoms with Crippen molar-refractivity contribution in [1.82, 2.24) is 4.90 Å². The minimum atomic E-state index is -4.19. The molecule has 2 amide bonds. The Labute approximate surface area is 216 Å². The highest BCUT2D eigenvalue weighted by atomic mass is 35.5. The van der Waals surface area contributed by atoms with Crippen molar-refractivity contribution in [2.45, 2.75) is 18.4 Å². The van der Waals surface area contributed by atoms with E-state index < -0.39 is 27.1 Å². The number of hydrogen-bond acceptors (Lipinski definition) is 7. The number of amides is 2. The van der Waals surface area contributed by atoms with Crippen molar-refractivity contribution in [3.05, 3.63) is 93.1 Å². The smallest absolute Gasteiger partial charge is 0.339 e. The Morgan fingerprint density at radius 3 is 2.36 bits per heavy atom. The Kier molecular flexibility index (Phi) is 7.39. The lowest BCUT2D eigenvalue weighted by molar-refractivity contribution is -0.123. The van der Waals surface area contributed by atoms with Gasteiger partial charge >= 0.3 is 10.1 Å². The monoisotopic (exact) mass is 547 g/mol. The molecule has 1 aliphatic heterocycles. The number of imide groups is 1. The number of nitrogens with zero attached hydrogens (tertiary/aromatic N) is 1. The molecule has 0 radical (unpaired) electrons. The van der Waals surface area contributed by atoms with Gasteiger partial charge in [0, 0.05) is 0 Å². The molecule has 11 heteroatoms. The van der Waals surface area contributed by atoms with Crippen molar-refractivity contribution in [1.29, 1.82) is 0 Å². The Balaban J connectivity index is 1.59. The maximum Gasteiger partial charge on any atom is 0.339 e. The quantitative estimate of drug-likeness (QED) is 0.273. The van der Waals surface area contributed by atoms with Crippen molar-refractivity contribution in [2.24, 2.45) is 0 Å². The Morgan fingerprint density at radius 2 is 1.72 bits per heavy atom. The van der Waals surface area contributed by atoms with Crippen molar-refractivity contribution in [3.63, 3.8) is 0 Å². The van der Waals surface area contributed by atoms with Crippen LogP contribution in [-0.4, -0.2) is 31.6 Å². The second-order valence-electron chi connectivity index (χ2n) is 7.78. The van der Waals surface area contributed by atoms with Gasteiger partial charge in [0.05, 0.1) is 23.6 Å². The van der Waals surface area contributed by atoms with E-state index in [1.165, 1.54) is 61.7 Å². The molecule has 0 N–H and O–H groups in total. The predicted molar refractivity (Wildman–Crippen MR) is 135 cm³/mol. The summed E-state index contributed by atoms with van der Waals surface area (Å²) < 4.78 is 49.1. The fraction of sp³-hybridized carbons (Fsp3) is 0.120. The van der Waals surface area contributed by atoms with Crippen LogP contribution in [0.3, 0.4) is 0 Å². The van der Waals surface area contributed by atoms with Gasteiger partial charge in [-0.15, -0.1) is 0 Å². The standard InChI is InChI=1S/C25H19ClFNO6S2/c1-15-3-9-19(10-4-15)36(31,32)34-23-20(26)11-17(12-21(23)33-2)13-22-24(29)28(25(30)35-22)14-16-5-7-18(27)8-6-16/h3-13H,14H2,1-2H3/b22-13-. The maximum atomic E-state index is 13.1. The first-order chi connectivity index (χ1) is 17.1. The first kappa shape index (κ1) is 25.7. The van der Waals surface area contributed by atoms with Gasteiger partial charge in [-0.3, -0.25) is 14.5 Å². The van der Waals surface area contributed by atoms with Gasteiger partial charge in [-0.05, 0) is 72.3 Å². The van der Waals surface area contributed by atoms with Crippen molar-refractivity contribution < 1.29 is 31.3 Å². The van der Waals surface area contributed by atoms with Crippen LogP contribution in [0.25, 0.3) is 6.08 Å². The summed E-state index contributed by atoms with van der Waals surface area (Å²) in [5.41, 5.74) is 1.88. The summed E-state index contributed by atoms with van der Waals surface area (Å²) in [4.78, 5) is 26.4. The lowest BCUT2D eigenvalue weighted by Gasteiger charge is -2.14. The van der Waals surface area contributed by atoms with Crippen molar-refractivity contribution >= 4 is 50.7 Å². The number of hydrogen-bond donors (Lipinski definition) is 0. The summed E-state index contributed by atoms with van der Waals surface area (Å²) in [5.74, 6) is -1.12. The van der Waals surface area contributed by atoms with Crippen molar-refractivity contribution in [2.75, 3.05) is 7.11 Å². The number of aryl methyl sites for hydroxylation is 1. The second-order valence-corrected chi connectivity index (χ2v) is 10.7. The zero-order valence-electron chi connectivity index (χ0n) is 19.0. The van der Waals surface area contributed by atoms with E-state index in [-0.39, 0.29) is 32.9 Å². The molecule has 0 saturated carbocycles. The van der Waals surface area contributed by atoms with E-state index in [0.717, 1.165) is 22.2 Å². The third-order valence-corrected chi connectivity index (χ3v) is 7.60. The van der Waals surface area contributed by atoms with Crippen molar-refractivity contribution in [3.8, 4) is 11.5 Å². The van der Waals surface area contributed by atoms with E-state index in [1.54, 1.807) is 12.1 Å². The molecule has 4 rings (SSSR count). The summed E-state index contributed by atoms with van der Waals surface area (Å²) in [6.07, 6.45) is 1.45. The number of thioether (sulfide) groups is 1. The van der Waals surface area contributed by atoms with Gasteiger partial charge in [0.1, 0.15) is 10.7 Å². The molecule has 0 atom stereocenters. The SMILES string of the molecule is COc1cc(/C=C2\SC(=O)N(Cc3ccc(F)cc3)C2=O)cc(Cl)c1OS(=O)(=O)c1ccc(C)cc1.